The lowest BCUT2D eigenvalue weighted by Crippen LogP contribution is -2.43. The summed E-state index contributed by atoms with van der Waals surface area (Å²) in [6, 6.07) is 8.40. The van der Waals surface area contributed by atoms with E-state index in [9.17, 15) is 22.8 Å². The van der Waals surface area contributed by atoms with Gasteiger partial charge in [0.2, 0.25) is 5.91 Å². The lowest BCUT2D eigenvalue weighted by atomic mass is 9.96. The molecule has 136 valence electrons. The van der Waals surface area contributed by atoms with Crippen molar-refractivity contribution in [2.75, 3.05) is 18.4 Å². The van der Waals surface area contributed by atoms with Crippen LogP contribution in [0.1, 0.15) is 23.2 Å². The van der Waals surface area contributed by atoms with Crippen LogP contribution in [0.5, 0.6) is 0 Å². The highest BCUT2D eigenvalue weighted by atomic mass is 19.2. The lowest BCUT2D eigenvalue weighted by Gasteiger charge is -2.32. The molecule has 1 aliphatic heterocycles. The van der Waals surface area contributed by atoms with E-state index in [2.05, 4.69) is 5.32 Å². The lowest BCUT2D eigenvalue weighted by molar-refractivity contribution is -0.121. The smallest absolute Gasteiger partial charge is 0.253 e. The molecule has 2 amide bonds. The zero-order valence-corrected chi connectivity index (χ0v) is 13.8. The van der Waals surface area contributed by atoms with Crippen LogP contribution in [0.15, 0.2) is 42.5 Å². The highest BCUT2D eigenvalue weighted by molar-refractivity contribution is 5.96. The van der Waals surface area contributed by atoms with E-state index in [1.807, 2.05) is 0 Å². The van der Waals surface area contributed by atoms with E-state index in [0.717, 1.165) is 12.1 Å². The molecule has 1 N–H and O–H groups in total. The summed E-state index contributed by atoms with van der Waals surface area (Å²) in [5.41, 5.74) is 0.518. The number of halogens is 3. The minimum absolute atomic E-state index is 0.0449. The molecule has 26 heavy (non-hydrogen) atoms. The van der Waals surface area contributed by atoms with Crippen LogP contribution in [0, 0.1) is 23.4 Å². The number of carbonyl (C=O) groups excluding carboxylic acids is 2. The molecule has 0 spiro atoms. The predicted molar refractivity (Wildman–Crippen MR) is 90.0 cm³/mol. The fraction of sp³-hybridized carbons (Fsp3) is 0.263. The van der Waals surface area contributed by atoms with Gasteiger partial charge in [-0.1, -0.05) is 0 Å². The Labute approximate surface area is 148 Å². The number of benzene rings is 2. The maximum atomic E-state index is 13.3. The van der Waals surface area contributed by atoms with Crippen molar-refractivity contribution in [1.82, 2.24) is 4.90 Å². The molecule has 7 heteroatoms. The third kappa shape index (κ3) is 4.04. The average Bonchev–Trinajstić information content (AvgIpc) is 2.65. The van der Waals surface area contributed by atoms with Gasteiger partial charge in [-0.3, -0.25) is 9.59 Å². The van der Waals surface area contributed by atoms with E-state index in [0.29, 0.717) is 25.1 Å². The Balaban J connectivity index is 1.66. The van der Waals surface area contributed by atoms with E-state index in [-0.39, 0.29) is 18.0 Å². The van der Waals surface area contributed by atoms with Gasteiger partial charge < -0.3 is 10.2 Å². The first-order valence-electron chi connectivity index (χ1n) is 8.25. The molecule has 0 aromatic heterocycles. The summed E-state index contributed by atoms with van der Waals surface area (Å²) >= 11 is 0. The Morgan fingerprint density at radius 2 is 1.73 bits per heavy atom. The number of carbonyl (C=O) groups is 2. The van der Waals surface area contributed by atoms with Crippen molar-refractivity contribution >= 4 is 17.5 Å². The first-order chi connectivity index (χ1) is 12.4. The molecule has 2 aromatic rings. The van der Waals surface area contributed by atoms with Gasteiger partial charge in [0.25, 0.3) is 5.91 Å². The van der Waals surface area contributed by atoms with E-state index in [1.165, 1.54) is 35.2 Å². The summed E-state index contributed by atoms with van der Waals surface area (Å²) < 4.78 is 39.3. The topological polar surface area (TPSA) is 49.4 Å². The summed E-state index contributed by atoms with van der Waals surface area (Å²) in [5.74, 6) is -3.63. The largest absolute Gasteiger partial charge is 0.338 e. The van der Waals surface area contributed by atoms with Crippen LogP contribution in [-0.2, 0) is 4.79 Å². The zero-order valence-electron chi connectivity index (χ0n) is 13.8. The second-order valence-corrected chi connectivity index (χ2v) is 6.22. The fourth-order valence-corrected chi connectivity index (χ4v) is 2.96. The maximum Gasteiger partial charge on any atom is 0.253 e. The van der Waals surface area contributed by atoms with Gasteiger partial charge in [0.05, 0.1) is 5.92 Å². The van der Waals surface area contributed by atoms with Crippen LogP contribution in [0.25, 0.3) is 0 Å². The first-order valence-corrected chi connectivity index (χ1v) is 8.25. The Morgan fingerprint density at radius 1 is 1.00 bits per heavy atom. The normalized spacial score (nSPS) is 17.0. The maximum absolute atomic E-state index is 13.3. The minimum atomic E-state index is -1.08. The van der Waals surface area contributed by atoms with Gasteiger partial charge >= 0.3 is 0 Å². The molecule has 1 aliphatic rings. The Hall–Kier alpha value is -2.83. The van der Waals surface area contributed by atoms with Crippen molar-refractivity contribution < 1.29 is 22.8 Å². The number of nitrogens with zero attached hydrogens (tertiary/aromatic N) is 1. The van der Waals surface area contributed by atoms with Gasteiger partial charge in [-0.25, -0.2) is 13.2 Å². The van der Waals surface area contributed by atoms with Crippen LogP contribution in [0.2, 0.25) is 0 Å². The van der Waals surface area contributed by atoms with Crippen molar-refractivity contribution in [3.8, 4) is 0 Å². The molecule has 0 aliphatic carbocycles. The van der Waals surface area contributed by atoms with Crippen LogP contribution in [0.4, 0.5) is 18.9 Å². The highest BCUT2D eigenvalue weighted by Gasteiger charge is 2.29. The van der Waals surface area contributed by atoms with Gasteiger partial charge in [0.1, 0.15) is 5.82 Å². The Kier molecular flexibility index (Phi) is 5.25. The standard InChI is InChI=1S/C19H17F3N2O2/c20-14-4-6-15(7-5-14)23-18(25)13-2-1-9-24(11-13)19(26)12-3-8-16(21)17(22)10-12/h3-8,10,13H,1-2,9,11H2,(H,23,25)/t13-/m0/s1. The number of anilines is 1. The average molecular weight is 362 g/mol. The summed E-state index contributed by atoms with van der Waals surface area (Å²) in [7, 11) is 0. The number of nitrogens with one attached hydrogen (secondary N) is 1. The van der Waals surface area contributed by atoms with Crippen molar-refractivity contribution in [1.29, 1.82) is 0 Å². The summed E-state index contributed by atoms with van der Waals surface area (Å²) in [5, 5.41) is 2.70. The van der Waals surface area contributed by atoms with E-state index >= 15 is 0 Å². The number of hydrogen-bond donors (Lipinski definition) is 1. The summed E-state index contributed by atoms with van der Waals surface area (Å²) in [6.07, 6.45) is 1.23. The van der Waals surface area contributed by atoms with Crippen LogP contribution in [-0.4, -0.2) is 29.8 Å². The molecular formula is C19H17F3N2O2. The molecule has 1 fully saturated rings. The molecule has 1 saturated heterocycles. The van der Waals surface area contributed by atoms with E-state index in [1.54, 1.807) is 0 Å². The van der Waals surface area contributed by atoms with Gasteiger partial charge in [0, 0.05) is 24.3 Å². The van der Waals surface area contributed by atoms with Crippen molar-refractivity contribution in [3.05, 3.63) is 65.5 Å². The minimum Gasteiger partial charge on any atom is -0.338 e. The molecule has 0 saturated carbocycles. The van der Waals surface area contributed by atoms with Crippen molar-refractivity contribution in [2.45, 2.75) is 12.8 Å². The van der Waals surface area contributed by atoms with Crippen molar-refractivity contribution in [2.24, 2.45) is 5.92 Å². The SMILES string of the molecule is O=C(Nc1ccc(F)cc1)[C@H]1CCCN(C(=O)c2ccc(F)c(F)c2)C1. The van der Waals surface area contributed by atoms with Crippen molar-refractivity contribution in [3.63, 3.8) is 0 Å². The molecular weight excluding hydrogens is 345 g/mol. The number of rotatable bonds is 3. The Morgan fingerprint density at radius 3 is 2.42 bits per heavy atom. The van der Waals surface area contributed by atoms with E-state index in [4.69, 9.17) is 0 Å². The highest BCUT2D eigenvalue weighted by Crippen LogP contribution is 2.21. The van der Waals surface area contributed by atoms with E-state index < -0.39 is 29.3 Å². The third-order valence-corrected chi connectivity index (χ3v) is 4.36. The zero-order chi connectivity index (χ0) is 18.7. The molecule has 1 atom stereocenters. The molecule has 2 aromatic carbocycles. The third-order valence-electron chi connectivity index (χ3n) is 4.36. The van der Waals surface area contributed by atoms with Gasteiger partial charge in [-0.2, -0.15) is 0 Å². The quantitative estimate of drug-likeness (QED) is 0.907. The number of hydrogen-bond acceptors (Lipinski definition) is 2. The number of likely N-dealkylation sites (tertiary alicyclic amines) is 1. The molecule has 0 bridgehead atoms. The molecule has 0 radical (unpaired) electrons. The van der Waals surface area contributed by atoms with Gasteiger partial charge in [-0.15, -0.1) is 0 Å². The second-order valence-electron chi connectivity index (χ2n) is 6.22. The summed E-state index contributed by atoms with van der Waals surface area (Å²) in [4.78, 5) is 26.4. The van der Waals surface area contributed by atoms with Crippen LogP contribution in [0.3, 0.4) is 0 Å². The Bertz CT molecular complexity index is 824. The summed E-state index contributed by atoms with van der Waals surface area (Å²) in [6.45, 7) is 0.628. The molecule has 3 rings (SSSR count). The first kappa shape index (κ1) is 18.0. The second kappa shape index (κ2) is 7.59. The van der Waals surface area contributed by atoms with Crippen LogP contribution >= 0.6 is 0 Å². The molecule has 0 unspecified atom stereocenters. The van der Waals surface area contributed by atoms with Gasteiger partial charge in [0.15, 0.2) is 11.6 Å². The van der Waals surface area contributed by atoms with Gasteiger partial charge in [-0.05, 0) is 55.3 Å². The molecule has 4 nitrogen and oxygen atoms in total. The molecule has 1 heterocycles. The fourth-order valence-electron chi connectivity index (χ4n) is 2.96. The number of piperidine rings is 1. The predicted octanol–water partition coefficient (Wildman–Crippen LogP) is 3.59. The monoisotopic (exact) mass is 362 g/mol. The number of amides is 2. The van der Waals surface area contributed by atoms with Crippen LogP contribution < -0.4 is 5.32 Å².